The summed E-state index contributed by atoms with van der Waals surface area (Å²) in [5, 5.41) is 0. The number of carbonyl (C=O) groups is 1. The van der Waals surface area contributed by atoms with Crippen LogP contribution in [-0.4, -0.2) is 24.6 Å². The highest BCUT2D eigenvalue weighted by atomic mass is 16.5. The molecule has 0 aliphatic rings. The number of carbonyl (C=O) groups excluding carboxylic acids is 1. The summed E-state index contributed by atoms with van der Waals surface area (Å²) < 4.78 is 10.7. The summed E-state index contributed by atoms with van der Waals surface area (Å²) in [4.78, 5) is 15.2. The molecule has 3 rings (SSSR count). The van der Waals surface area contributed by atoms with E-state index in [-0.39, 0.29) is 5.97 Å². The van der Waals surface area contributed by atoms with Crippen LogP contribution < -0.4 is 4.74 Å². The van der Waals surface area contributed by atoms with Gasteiger partial charge < -0.3 is 9.47 Å². The van der Waals surface area contributed by atoms with Gasteiger partial charge in [0.15, 0.2) is 0 Å². The predicted octanol–water partition coefficient (Wildman–Crippen LogP) is 5.00. The van der Waals surface area contributed by atoms with Gasteiger partial charge in [0.2, 0.25) is 0 Å². The van der Waals surface area contributed by atoms with E-state index in [1.807, 2.05) is 67.6 Å². The molecule has 1 atom stereocenters. The highest BCUT2D eigenvalue weighted by molar-refractivity contribution is 5.77. The second-order valence-corrected chi connectivity index (χ2v) is 6.80. The lowest BCUT2D eigenvalue weighted by molar-refractivity contribution is -0.150. The SMILES string of the molecule is CCOC(=O)C(c1ccc(OC)cc1)N(Cc1ccccc1)Cc1ccccc1. The molecule has 0 radical (unpaired) electrons. The molecule has 4 heteroatoms. The van der Waals surface area contributed by atoms with Crippen LogP contribution in [0.4, 0.5) is 0 Å². The van der Waals surface area contributed by atoms with Gasteiger partial charge in [0.05, 0.1) is 13.7 Å². The van der Waals surface area contributed by atoms with Crippen LogP contribution in [0, 0.1) is 0 Å². The van der Waals surface area contributed by atoms with Crippen LogP contribution in [0.2, 0.25) is 0 Å². The van der Waals surface area contributed by atoms with E-state index in [0.29, 0.717) is 19.7 Å². The van der Waals surface area contributed by atoms with Gasteiger partial charge in [0.1, 0.15) is 11.8 Å². The molecule has 0 fully saturated rings. The molecule has 1 unspecified atom stereocenters. The van der Waals surface area contributed by atoms with Gasteiger partial charge in [-0.3, -0.25) is 4.90 Å². The molecule has 150 valence electrons. The Balaban J connectivity index is 1.98. The zero-order chi connectivity index (χ0) is 20.5. The molecule has 29 heavy (non-hydrogen) atoms. The molecule has 0 saturated heterocycles. The monoisotopic (exact) mass is 389 g/mol. The minimum atomic E-state index is -0.513. The largest absolute Gasteiger partial charge is 0.497 e. The van der Waals surface area contributed by atoms with Crippen LogP contribution in [0.5, 0.6) is 5.75 Å². The van der Waals surface area contributed by atoms with Crippen molar-refractivity contribution in [1.29, 1.82) is 0 Å². The molecule has 0 saturated carbocycles. The third kappa shape index (κ3) is 5.69. The standard InChI is InChI=1S/C25H27NO3/c1-3-29-25(27)24(22-14-16-23(28-2)17-15-22)26(18-20-10-6-4-7-11-20)19-21-12-8-5-9-13-21/h4-17,24H,3,18-19H2,1-2H3. The van der Waals surface area contributed by atoms with Gasteiger partial charge in [-0.25, -0.2) is 4.79 Å². The average Bonchev–Trinajstić information content (AvgIpc) is 2.76. The van der Waals surface area contributed by atoms with E-state index in [1.54, 1.807) is 7.11 Å². The fourth-order valence-corrected chi connectivity index (χ4v) is 3.38. The van der Waals surface area contributed by atoms with Crippen LogP contribution >= 0.6 is 0 Å². The van der Waals surface area contributed by atoms with Crippen molar-refractivity contribution in [2.45, 2.75) is 26.1 Å². The lowest BCUT2D eigenvalue weighted by atomic mass is 10.0. The Hall–Kier alpha value is -3.11. The Morgan fingerprint density at radius 1 is 0.828 bits per heavy atom. The number of rotatable bonds is 9. The molecule has 0 amide bonds. The van der Waals surface area contributed by atoms with E-state index in [9.17, 15) is 4.79 Å². The minimum Gasteiger partial charge on any atom is -0.497 e. The lowest BCUT2D eigenvalue weighted by Gasteiger charge is -2.31. The van der Waals surface area contributed by atoms with Gasteiger partial charge in [-0.05, 0) is 35.7 Å². The van der Waals surface area contributed by atoms with E-state index in [0.717, 1.165) is 22.4 Å². The third-order valence-corrected chi connectivity index (χ3v) is 4.76. The quantitative estimate of drug-likeness (QED) is 0.483. The van der Waals surface area contributed by atoms with Crippen molar-refractivity contribution in [3.8, 4) is 5.75 Å². The molecule has 3 aromatic carbocycles. The number of ether oxygens (including phenoxy) is 2. The number of nitrogens with zero attached hydrogens (tertiary/aromatic N) is 1. The van der Waals surface area contributed by atoms with Gasteiger partial charge in [0, 0.05) is 13.1 Å². The highest BCUT2D eigenvalue weighted by Crippen LogP contribution is 2.28. The molecule has 4 nitrogen and oxygen atoms in total. The fourth-order valence-electron chi connectivity index (χ4n) is 3.38. The summed E-state index contributed by atoms with van der Waals surface area (Å²) in [5.41, 5.74) is 3.17. The molecular weight excluding hydrogens is 362 g/mol. The lowest BCUT2D eigenvalue weighted by Crippen LogP contribution is -2.34. The van der Waals surface area contributed by atoms with Crippen molar-refractivity contribution in [2.24, 2.45) is 0 Å². The molecule has 3 aromatic rings. The Kier molecular flexibility index (Phi) is 7.42. The average molecular weight is 389 g/mol. The van der Waals surface area contributed by atoms with Crippen molar-refractivity contribution < 1.29 is 14.3 Å². The molecule has 0 aliphatic carbocycles. The first-order chi connectivity index (χ1) is 14.2. The van der Waals surface area contributed by atoms with Gasteiger partial charge in [-0.1, -0.05) is 72.8 Å². The number of methoxy groups -OCH3 is 1. The molecule has 0 aliphatic heterocycles. The van der Waals surface area contributed by atoms with Crippen LogP contribution in [0.15, 0.2) is 84.9 Å². The van der Waals surface area contributed by atoms with E-state index in [1.165, 1.54) is 0 Å². The van der Waals surface area contributed by atoms with Gasteiger partial charge in [-0.2, -0.15) is 0 Å². The van der Waals surface area contributed by atoms with Crippen molar-refractivity contribution in [1.82, 2.24) is 4.90 Å². The first-order valence-electron chi connectivity index (χ1n) is 9.83. The number of hydrogen-bond acceptors (Lipinski definition) is 4. The minimum absolute atomic E-state index is 0.246. The van der Waals surface area contributed by atoms with Gasteiger partial charge in [0.25, 0.3) is 0 Å². The summed E-state index contributed by atoms with van der Waals surface area (Å²) in [6.45, 7) is 3.44. The molecule has 0 aromatic heterocycles. The van der Waals surface area contributed by atoms with Gasteiger partial charge >= 0.3 is 5.97 Å². The number of hydrogen-bond donors (Lipinski definition) is 0. The second-order valence-electron chi connectivity index (χ2n) is 6.80. The maximum absolute atomic E-state index is 13.0. The Morgan fingerprint density at radius 2 is 1.34 bits per heavy atom. The van der Waals surface area contributed by atoms with Crippen molar-refractivity contribution in [2.75, 3.05) is 13.7 Å². The molecule has 0 heterocycles. The number of benzene rings is 3. The van der Waals surface area contributed by atoms with Crippen molar-refractivity contribution >= 4 is 5.97 Å². The summed E-state index contributed by atoms with van der Waals surface area (Å²) in [7, 11) is 1.63. The predicted molar refractivity (Wildman–Crippen MR) is 114 cm³/mol. The van der Waals surface area contributed by atoms with Crippen LogP contribution in [-0.2, 0) is 22.6 Å². The van der Waals surface area contributed by atoms with E-state index >= 15 is 0 Å². The van der Waals surface area contributed by atoms with Crippen molar-refractivity contribution in [3.63, 3.8) is 0 Å². The Labute approximate surface area is 172 Å². The zero-order valence-corrected chi connectivity index (χ0v) is 17.0. The van der Waals surface area contributed by atoms with Gasteiger partial charge in [-0.15, -0.1) is 0 Å². The second kappa shape index (κ2) is 10.4. The highest BCUT2D eigenvalue weighted by Gasteiger charge is 2.29. The zero-order valence-electron chi connectivity index (χ0n) is 17.0. The Bertz CT molecular complexity index is 837. The first kappa shape index (κ1) is 20.6. The molecular formula is C25H27NO3. The van der Waals surface area contributed by atoms with E-state index < -0.39 is 6.04 Å². The third-order valence-electron chi connectivity index (χ3n) is 4.76. The summed E-state index contributed by atoms with van der Waals surface area (Å²) in [6, 6.07) is 27.5. The van der Waals surface area contributed by atoms with Crippen molar-refractivity contribution in [3.05, 3.63) is 102 Å². The molecule has 0 spiro atoms. The normalized spacial score (nSPS) is 11.8. The van der Waals surface area contributed by atoms with Crippen LogP contribution in [0.25, 0.3) is 0 Å². The van der Waals surface area contributed by atoms with E-state index in [4.69, 9.17) is 9.47 Å². The maximum Gasteiger partial charge on any atom is 0.328 e. The smallest absolute Gasteiger partial charge is 0.328 e. The fraction of sp³-hybridized carbons (Fsp3) is 0.240. The first-order valence-corrected chi connectivity index (χ1v) is 9.83. The summed E-state index contributed by atoms with van der Waals surface area (Å²) in [6.07, 6.45) is 0. The maximum atomic E-state index is 13.0. The van der Waals surface area contributed by atoms with E-state index in [2.05, 4.69) is 29.2 Å². The summed E-state index contributed by atoms with van der Waals surface area (Å²) in [5.74, 6) is 0.513. The topological polar surface area (TPSA) is 38.8 Å². The molecule has 0 bridgehead atoms. The molecule has 0 N–H and O–H groups in total. The summed E-state index contributed by atoms with van der Waals surface area (Å²) >= 11 is 0. The van der Waals surface area contributed by atoms with Crippen LogP contribution in [0.1, 0.15) is 29.7 Å². The number of esters is 1. The van der Waals surface area contributed by atoms with Crippen LogP contribution in [0.3, 0.4) is 0 Å². The Morgan fingerprint density at radius 3 is 1.79 bits per heavy atom.